The van der Waals surface area contributed by atoms with Crippen LogP contribution < -0.4 is 20.5 Å². The van der Waals surface area contributed by atoms with Crippen molar-refractivity contribution in [2.45, 2.75) is 45.6 Å². The molecule has 2 aromatic carbocycles. The molecule has 7 heteroatoms. The standard InChI is InChI=1S/C25H33N3O4/c1-17(2)14-24(30)28-25(26)27-20(15-18-8-6-5-7-9-18)21(29)12-10-19-11-13-22(31-3)23(16-19)32-4/h5-9,11,13,16-17,20H,10,12,14-15H2,1-4H3,(H3,26,27,28,30)/t20-/m1/s1. The van der Waals surface area contributed by atoms with Crippen LogP contribution in [-0.4, -0.2) is 37.9 Å². The summed E-state index contributed by atoms with van der Waals surface area (Å²) in [5, 5.41) is 2.59. The van der Waals surface area contributed by atoms with Gasteiger partial charge in [-0.2, -0.15) is 0 Å². The Kier molecular flexibility index (Phi) is 9.73. The van der Waals surface area contributed by atoms with Gasteiger partial charge in [-0.3, -0.25) is 14.9 Å². The molecule has 7 nitrogen and oxygen atoms in total. The number of guanidine groups is 1. The number of carbonyl (C=O) groups excluding carboxylic acids is 2. The number of rotatable bonds is 11. The van der Waals surface area contributed by atoms with E-state index in [0.29, 0.717) is 30.8 Å². The Morgan fingerprint density at radius 2 is 1.69 bits per heavy atom. The van der Waals surface area contributed by atoms with Gasteiger partial charge in [0.05, 0.1) is 14.2 Å². The van der Waals surface area contributed by atoms with E-state index in [2.05, 4.69) is 10.3 Å². The van der Waals surface area contributed by atoms with E-state index < -0.39 is 6.04 Å². The summed E-state index contributed by atoms with van der Waals surface area (Å²) < 4.78 is 10.6. The predicted octanol–water partition coefficient (Wildman–Crippen LogP) is 3.29. The normalized spacial score (nSPS) is 12.3. The zero-order chi connectivity index (χ0) is 23.5. The zero-order valence-electron chi connectivity index (χ0n) is 19.3. The second-order valence-electron chi connectivity index (χ2n) is 8.02. The average Bonchev–Trinajstić information content (AvgIpc) is 2.76. The van der Waals surface area contributed by atoms with E-state index in [-0.39, 0.29) is 30.0 Å². The summed E-state index contributed by atoms with van der Waals surface area (Å²) in [5.74, 6) is 1.16. The number of hydrogen-bond acceptors (Lipinski definition) is 5. The molecule has 0 bridgehead atoms. The Morgan fingerprint density at radius 1 is 1.00 bits per heavy atom. The minimum atomic E-state index is -0.683. The van der Waals surface area contributed by atoms with Crippen LogP contribution in [0.25, 0.3) is 0 Å². The number of nitrogens with zero attached hydrogens (tertiary/aromatic N) is 1. The topological polar surface area (TPSA) is 103 Å². The van der Waals surface area contributed by atoms with Gasteiger partial charge in [-0.05, 0) is 35.6 Å². The first-order chi connectivity index (χ1) is 15.3. The molecule has 0 aliphatic heterocycles. The summed E-state index contributed by atoms with van der Waals surface area (Å²) in [6.45, 7) is 3.89. The third-order valence-corrected chi connectivity index (χ3v) is 4.91. The molecule has 3 N–H and O–H groups in total. The molecule has 1 atom stereocenters. The van der Waals surface area contributed by atoms with E-state index in [9.17, 15) is 9.59 Å². The van der Waals surface area contributed by atoms with Crippen molar-refractivity contribution in [2.75, 3.05) is 14.2 Å². The molecule has 172 valence electrons. The fourth-order valence-electron chi connectivity index (χ4n) is 3.30. The second-order valence-corrected chi connectivity index (χ2v) is 8.02. The van der Waals surface area contributed by atoms with Gasteiger partial charge in [-0.25, -0.2) is 4.99 Å². The molecule has 0 aliphatic carbocycles. The molecule has 0 aromatic heterocycles. The van der Waals surface area contributed by atoms with Gasteiger partial charge >= 0.3 is 0 Å². The molecule has 0 saturated carbocycles. The lowest BCUT2D eigenvalue weighted by molar-refractivity contribution is -0.121. The van der Waals surface area contributed by atoms with E-state index in [1.54, 1.807) is 14.2 Å². The quantitative estimate of drug-likeness (QED) is 0.413. The highest BCUT2D eigenvalue weighted by Gasteiger charge is 2.20. The number of ketones is 1. The fraction of sp³-hybridized carbons (Fsp3) is 0.400. The Hall–Kier alpha value is -3.35. The molecule has 0 heterocycles. The molecule has 0 radical (unpaired) electrons. The number of Topliss-reactive ketones (excluding diaryl/α,β-unsaturated/α-hetero) is 1. The number of nitrogens with two attached hydrogens (primary N) is 1. The second kappa shape index (κ2) is 12.5. The largest absolute Gasteiger partial charge is 0.493 e. The van der Waals surface area contributed by atoms with Gasteiger partial charge < -0.3 is 15.2 Å². The molecule has 2 rings (SSSR count). The van der Waals surface area contributed by atoms with Crippen LogP contribution >= 0.6 is 0 Å². The van der Waals surface area contributed by atoms with Crippen LogP contribution in [-0.2, 0) is 22.4 Å². The fourth-order valence-corrected chi connectivity index (χ4v) is 3.30. The molecule has 0 spiro atoms. The number of aliphatic imine (C=N–C) groups is 1. The summed E-state index contributed by atoms with van der Waals surface area (Å²) in [6, 6.07) is 14.5. The van der Waals surface area contributed by atoms with E-state index in [4.69, 9.17) is 15.2 Å². The minimum absolute atomic E-state index is 0.0314. The van der Waals surface area contributed by atoms with Crippen molar-refractivity contribution in [3.05, 3.63) is 59.7 Å². The Morgan fingerprint density at radius 3 is 2.31 bits per heavy atom. The SMILES string of the molecule is COc1ccc(CCC(=O)[C@@H](Cc2ccccc2)N=C(N)NC(=O)CC(C)C)cc1OC. The highest BCUT2D eigenvalue weighted by atomic mass is 16.5. The van der Waals surface area contributed by atoms with Gasteiger partial charge in [-0.15, -0.1) is 0 Å². The summed E-state index contributed by atoms with van der Waals surface area (Å²) >= 11 is 0. The van der Waals surface area contributed by atoms with Gasteiger partial charge in [0.15, 0.2) is 23.2 Å². The number of ether oxygens (including phenoxy) is 2. The molecule has 0 fully saturated rings. The van der Waals surface area contributed by atoms with Crippen LogP contribution in [0.5, 0.6) is 11.5 Å². The highest BCUT2D eigenvalue weighted by Crippen LogP contribution is 2.28. The summed E-state index contributed by atoms with van der Waals surface area (Å²) in [4.78, 5) is 29.4. The van der Waals surface area contributed by atoms with Gasteiger partial charge in [0.25, 0.3) is 0 Å². The third-order valence-electron chi connectivity index (χ3n) is 4.91. The number of hydrogen-bond donors (Lipinski definition) is 2. The molecule has 32 heavy (non-hydrogen) atoms. The predicted molar refractivity (Wildman–Crippen MR) is 126 cm³/mol. The van der Waals surface area contributed by atoms with Crippen LogP contribution in [0.1, 0.15) is 37.8 Å². The maximum Gasteiger partial charge on any atom is 0.226 e. The van der Waals surface area contributed by atoms with Crippen molar-refractivity contribution in [3.63, 3.8) is 0 Å². The smallest absolute Gasteiger partial charge is 0.226 e. The first-order valence-corrected chi connectivity index (χ1v) is 10.7. The maximum atomic E-state index is 13.1. The van der Waals surface area contributed by atoms with Crippen LogP contribution in [0.2, 0.25) is 0 Å². The van der Waals surface area contributed by atoms with Crippen molar-refractivity contribution in [1.82, 2.24) is 5.32 Å². The molecule has 2 aromatic rings. The molecular formula is C25H33N3O4. The van der Waals surface area contributed by atoms with Crippen LogP contribution in [0.3, 0.4) is 0 Å². The van der Waals surface area contributed by atoms with Crippen molar-refractivity contribution in [1.29, 1.82) is 0 Å². The van der Waals surface area contributed by atoms with E-state index in [0.717, 1.165) is 11.1 Å². The monoisotopic (exact) mass is 439 g/mol. The number of benzene rings is 2. The van der Waals surface area contributed by atoms with Crippen molar-refractivity contribution < 1.29 is 19.1 Å². The molecule has 0 aliphatic rings. The number of aryl methyl sites for hydroxylation is 1. The number of methoxy groups -OCH3 is 2. The Balaban J connectivity index is 2.13. The number of nitrogens with one attached hydrogen (secondary N) is 1. The van der Waals surface area contributed by atoms with E-state index >= 15 is 0 Å². The maximum absolute atomic E-state index is 13.1. The lowest BCUT2D eigenvalue weighted by atomic mass is 9.98. The average molecular weight is 440 g/mol. The van der Waals surface area contributed by atoms with E-state index in [1.165, 1.54) is 0 Å². The van der Waals surface area contributed by atoms with Crippen LogP contribution in [0.15, 0.2) is 53.5 Å². The van der Waals surface area contributed by atoms with Crippen LogP contribution in [0.4, 0.5) is 0 Å². The first kappa shape index (κ1) is 24.9. The lowest BCUT2D eigenvalue weighted by Crippen LogP contribution is -2.39. The summed E-state index contributed by atoms with van der Waals surface area (Å²) in [6.07, 6.45) is 1.56. The molecule has 0 saturated heterocycles. The van der Waals surface area contributed by atoms with Gasteiger partial charge in [-0.1, -0.05) is 50.2 Å². The van der Waals surface area contributed by atoms with Crippen molar-refractivity contribution in [2.24, 2.45) is 16.6 Å². The van der Waals surface area contributed by atoms with Crippen molar-refractivity contribution >= 4 is 17.6 Å². The minimum Gasteiger partial charge on any atom is -0.493 e. The van der Waals surface area contributed by atoms with Crippen molar-refractivity contribution in [3.8, 4) is 11.5 Å². The van der Waals surface area contributed by atoms with Crippen LogP contribution in [0, 0.1) is 5.92 Å². The molecule has 0 unspecified atom stereocenters. The van der Waals surface area contributed by atoms with Gasteiger partial charge in [0, 0.05) is 19.3 Å². The first-order valence-electron chi connectivity index (χ1n) is 10.7. The highest BCUT2D eigenvalue weighted by molar-refractivity contribution is 5.97. The van der Waals surface area contributed by atoms with Gasteiger partial charge in [0.1, 0.15) is 6.04 Å². The van der Waals surface area contributed by atoms with E-state index in [1.807, 2.05) is 62.4 Å². The summed E-state index contributed by atoms with van der Waals surface area (Å²) in [5.41, 5.74) is 7.88. The summed E-state index contributed by atoms with van der Waals surface area (Å²) in [7, 11) is 3.16. The number of amides is 1. The third kappa shape index (κ3) is 8.06. The molecule has 1 amide bonds. The zero-order valence-corrected chi connectivity index (χ0v) is 19.3. The Bertz CT molecular complexity index is 926. The number of carbonyl (C=O) groups is 2. The van der Waals surface area contributed by atoms with Gasteiger partial charge in [0.2, 0.25) is 5.91 Å². The lowest BCUT2D eigenvalue weighted by Gasteiger charge is -2.15. The molecular weight excluding hydrogens is 406 g/mol. The Labute approximate surface area is 190 Å².